The fourth-order valence-electron chi connectivity index (χ4n) is 3.40. The van der Waals surface area contributed by atoms with Crippen molar-refractivity contribution in [3.05, 3.63) is 48.6 Å². The molecule has 4 heteroatoms. The van der Waals surface area contributed by atoms with Crippen molar-refractivity contribution in [2.45, 2.75) is 33.4 Å². The third-order valence-electron chi connectivity index (χ3n) is 4.28. The molecule has 2 rings (SSSR count). The molecule has 4 nitrogen and oxygen atoms in total. The fourth-order valence-corrected chi connectivity index (χ4v) is 3.40. The van der Waals surface area contributed by atoms with Crippen molar-refractivity contribution in [3.8, 4) is 0 Å². The molecule has 1 aromatic rings. The van der Waals surface area contributed by atoms with Crippen molar-refractivity contribution < 1.29 is 9.59 Å². The molecule has 1 saturated heterocycles. The Labute approximate surface area is 138 Å². The van der Waals surface area contributed by atoms with Crippen molar-refractivity contribution >= 4 is 11.8 Å². The van der Waals surface area contributed by atoms with E-state index in [4.69, 9.17) is 0 Å². The van der Waals surface area contributed by atoms with E-state index < -0.39 is 0 Å². The number of hydrogen-bond acceptors (Lipinski definition) is 2. The van der Waals surface area contributed by atoms with Crippen LogP contribution in [0.1, 0.15) is 37.6 Å². The lowest BCUT2D eigenvalue weighted by molar-refractivity contribution is -0.152. The summed E-state index contributed by atoms with van der Waals surface area (Å²) in [5.74, 6) is -0.162. The molecule has 1 aromatic carbocycles. The standard InChI is InChI=1S/C19H26N2O2/c1-6-10-15-13-21(17(23)14-11-8-7-9-12-14)18(19(2,3)4)20(5)16(15)22/h6-9,11-12,15,18H,1,10,13H2,2-5H3/t15-,18+/m1/s1. The van der Waals surface area contributed by atoms with Crippen molar-refractivity contribution in [1.82, 2.24) is 9.80 Å². The maximum atomic E-state index is 13.0. The first kappa shape index (κ1) is 17.3. The number of rotatable bonds is 3. The van der Waals surface area contributed by atoms with Crippen LogP contribution in [0.15, 0.2) is 43.0 Å². The molecule has 0 N–H and O–H groups in total. The maximum absolute atomic E-state index is 13.0. The van der Waals surface area contributed by atoms with E-state index in [0.29, 0.717) is 18.5 Å². The molecule has 0 aromatic heterocycles. The van der Waals surface area contributed by atoms with Crippen LogP contribution < -0.4 is 0 Å². The van der Waals surface area contributed by atoms with Gasteiger partial charge in [-0.1, -0.05) is 45.0 Å². The van der Waals surface area contributed by atoms with E-state index in [0.717, 1.165) is 0 Å². The fraction of sp³-hybridized carbons (Fsp3) is 0.474. The monoisotopic (exact) mass is 314 g/mol. The summed E-state index contributed by atoms with van der Waals surface area (Å²) in [6.45, 7) is 10.3. The average molecular weight is 314 g/mol. The zero-order chi connectivity index (χ0) is 17.2. The van der Waals surface area contributed by atoms with Gasteiger partial charge < -0.3 is 9.80 Å². The summed E-state index contributed by atoms with van der Waals surface area (Å²) < 4.78 is 0. The highest BCUT2D eigenvalue weighted by atomic mass is 16.2. The molecule has 1 aliphatic rings. The van der Waals surface area contributed by atoms with Gasteiger partial charge in [-0.05, 0) is 18.6 Å². The van der Waals surface area contributed by atoms with E-state index in [9.17, 15) is 9.59 Å². The van der Waals surface area contributed by atoms with Crippen molar-refractivity contribution in [1.29, 1.82) is 0 Å². The van der Waals surface area contributed by atoms with Gasteiger partial charge in [0.15, 0.2) is 0 Å². The lowest BCUT2D eigenvalue weighted by atomic mass is 9.85. The van der Waals surface area contributed by atoms with E-state index in [1.165, 1.54) is 0 Å². The molecule has 1 aliphatic heterocycles. The van der Waals surface area contributed by atoms with E-state index in [1.807, 2.05) is 35.2 Å². The first-order valence-corrected chi connectivity index (χ1v) is 8.01. The lowest BCUT2D eigenvalue weighted by Crippen LogP contribution is -2.64. The Morgan fingerprint density at radius 3 is 2.43 bits per heavy atom. The van der Waals surface area contributed by atoms with Gasteiger partial charge in [0.2, 0.25) is 5.91 Å². The second-order valence-electron chi connectivity index (χ2n) is 7.23. The molecule has 0 saturated carbocycles. The first-order valence-electron chi connectivity index (χ1n) is 8.01. The number of carbonyl (C=O) groups excluding carboxylic acids is 2. The van der Waals surface area contributed by atoms with Crippen LogP contribution in [0.2, 0.25) is 0 Å². The van der Waals surface area contributed by atoms with Gasteiger partial charge in [-0.25, -0.2) is 0 Å². The molecule has 1 fully saturated rings. The minimum absolute atomic E-state index is 0.0288. The van der Waals surface area contributed by atoms with Crippen LogP contribution in [-0.4, -0.2) is 41.4 Å². The Balaban J connectivity index is 2.40. The maximum Gasteiger partial charge on any atom is 0.255 e. The average Bonchev–Trinajstić information content (AvgIpc) is 2.50. The van der Waals surface area contributed by atoms with Gasteiger partial charge in [-0.2, -0.15) is 0 Å². The Morgan fingerprint density at radius 1 is 1.30 bits per heavy atom. The Kier molecular flexibility index (Phi) is 4.93. The highest BCUT2D eigenvalue weighted by molar-refractivity contribution is 5.95. The predicted molar refractivity (Wildman–Crippen MR) is 91.8 cm³/mol. The molecule has 2 amide bonds. The van der Waals surface area contributed by atoms with E-state index >= 15 is 0 Å². The summed E-state index contributed by atoms with van der Waals surface area (Å²) in [5.41, 5.74) is 0.426. The molecular formula is C19H26N2O2. The van der Waals surface area contributed by atoms with Crippen molar-refractivity contribution in [2.24, 2.45) is 11.3 Å². The number of carbonyl (C=O) groups is 2. The lowest BCUT2D eigenvalue weighted by Gasteiger charge is -2.50. The van der Waals surface area contributed by atoms with Gasteiger partial charge in [-0.15, -0.1) is 6.58 Å². The molecule has 0 spiro atoms. The summed E-state index contributed by atoms with van der Waals surface area (Å²) in [6, 6.07) is 9.26. The SMILES string of the molecule is C=CC[C@@H]1CN(C(=O)c2ccccc2)[C@@H](C(C)(C)C)N(C)C1=O. The van der Waals surface area contributed by atoms with Gasteiger partial charge in [0.1, 0.15) is 6.17 Å². The third-order valence-corrected chi connectivity index (χ3v) is 4.28. The smallest absolute Gasteiger partial charge is 0.255 e. The van der Waals surface area contributed by atoms with Gasteiger partial charge >= 0.3 is 0 Å². The first-order chi connectivity index (χ1) is 10.8. The second-order valence-corrected chi connectivity index (χ2v) is 7.23. The molecule has 0 unspecified atom stereocenters. The molecule has 1 heterocycles. The predicted octanol–water partition coefficient (Wildman–Crippen LogP) is 3.17. The van der Waals surface area contributed by atoms with E-state index in [-0.39, 0.29) is 29.3 Å². The Hall–Kier alpha value is -2.10. The zero-order valence-corrected chi connectivity index (χ0v) is 14.5. The second kappa shape index (κ2) is 6.57. The van der Waals surface area contributed by atoms with Crippen LogP contribution in [0.4, 0.5) is 0 Å². The van der Waals surface area contributed by atoms with E-state index in [1.54, 1.807) is 18.0 Å². The normalized spacial score (nSPS) is 22.2. The molecule has 0 aliphatic carbocycles. The van der Waals surface area contributed by atoms with Crippen molar-refractivity contribution in [2.75, 3.05) is 13.6 Å². The topological polar surface area (TPSA) is 40.6 Å². The molecule has 124 valence electrons. The van der Waals surface area contributed by atoms with Gasteiger partial charge in [-0.3, -0.25) is 9.59 Å². The largest absolute Gasteiger partial charge is 0.324 e. The quantitative estimate of drug-likeness (QED) is 0.804. The third kappa shape index (κ3) is 3.46. The molecule has 2 atom stereocenters. The minimum Gasteiger partial charge on any atom is -0.324 e. The van der Waals surface area contributed by atoms with Crippen LogP contribution in [0.25, 0.3) is 0 Å². The molecule has 23 heavy (non-hydrogen) atoms. The number of benzene rings is 1. The molecular weight excluding hydrogens is 288 g/mol. The van der Waals surface area contributed by atoms with Gasteiger partial charge in [0.05, 0.1) is 5.92 Å². The molecule has 0 radical (unpaired) electrons. The van der Waals surface area contributed by atoms with Crippen LogP contribution in [0.3, 0.4) is 0 Å². The summed E-state index contributed by atoms with van der Waals surface area (Å²) >= 11 is 0. The van der Waals surface area contributed by atoms with Crippen LogP contribution >= 0.6 is 0 Å². The Bertz CT molecular complexity index is 589. The highest BCUT2D eigenvalue weighted by Gasteiger charge is 2.45. The van der Waals surface area contributed by atoms with Crippen LogP contribution in [0.5, 0.6) is 0 Å². The van der Waals surface area contributed by atoms with Gasteiger partial charge in [0.25, 0.3) is 5.91 Å². The molecule has 0 bridgehead atoms. The summed E-state index contributed by atoms with van der Waals surface area (Å²) in [6.07, 6.45) is 2.07. The zero-order valence-electron chi connectivity index (χ0n) is 14.5. The number of allylic oxidation sites excluding steroid dienone is 1. The summed E-state index contributed by atoms with van der Waals surface area (Å²) in [5, 5.41) is 0. The number of amides is 2. The van der Waals surface area contributed by atoms with Crippen LogP contribution in [0, 0.1) is 11.3 Å². The Morgan fingerprint density at radius 2 is 1.91 bits per heavy atom. The van der Waals surface area contributed by atoms with E-state index in [2.05, 4.69) is 27.4 Å². The highest BCUT2D eigenvalue weighted by Crippen LogP contribution is 2.33. The summed E-state index contributed by atoms with van der Waals surface area (Å²) in [7, 11) is 1.79. The summed E-state index contributed by atoms with van der Waals surface area (Å²) in [4.78, 5) is 29.2. The van der Waals surface area contributed by atoms with Gasteiger partial charge in [0, 0.05) is 24.6 Å². The minimum atomic E-state index is -0.260. The van der Waals surface area contributed by atoms with Crippen LogP contribution in [-0.2, 0) is 4.79 Å². The number of hydrogen-bond donors (Lipinski definition) is 0. The van der Waals surface area contributed by atoms with Crippen molar-refractivity contribution in [3.63, 3.8) is 0 Å². The number of nitrogens with zero attached hydrogens (tertiary/aromatic N) is 2.